The van der Waals surface area contributed by atoms with Crippen molar-refractivity contribution < 1.29 is 17.6 Å². The molecule has 2 aromatic heterocycles. The van der Waals surface area contributed by atoms with Gasteiger partial charge in [-0.25, -0.2) is 12.8 Å². The normalized spacial score (nSPS) is 18.9. The fourth-order valence-electron chi connectivity index (χ4n) is 3.53. The summed E-state index contributed by atoms with van der Waals surface area (Å²) in [6.45, 7) is 0.197. The van der Waals surface area contributed by atoms with Gasteiger partial charge in [-0.2, -0.15) is 4.72 Å². The van der Waals surface area contributed by atoms with E-state index in [-0.39, 0.29) is 18.5 Å². The minimum absolute atomic E-state index is 0.0516. The van der Waals surface area contributed by atoms with Crippen LogP contribution in [-0.2, 0) is 20.4 Å². The molecule has 0 aliphatic carbocycles. The van der Waals surface area contributed by atoms with Crippen molar-refractivity contribution in [1.29, 1.82) is 0 Å². The molecule has 2 N–H and O–H groups in total. The van der Waals surface area contributed by atoms with Gasteiger partial charge in [0.05, 0.1) is 9.36 Å². The molecule has 4 rings (SSSR count). The van der Waals surface area contributed by atoms with Gasteiger partial charge in [-0.1, -0.05) is 35.3 Å². The van der Waals surface area contributed by atoms with Crippen LogP contribution in [0.2, 0.25) is 9.36 Å². The number of carbonyl (C=O) groups is 1. The quantitative estimate of drug-likeness (QED) is 0.507. The van der Waals surface area contributed by atoms with Crippen molar-refractivity contribution in [2.45, 2.75) is 12.0 Å². The van der Waals surface area contributed by atoms with Crippen molar-refractivity contribution in [3.05, 3.63) is 79.8 Å². The Morgan fingerprint density at radius 2 is 2.03 bits per heavy atom. The Hall–Kier alpha value is -2.30. The van der Waals surface area contributed by atoms with Crippen LogP contribution < -0.4 is 10.0 Å². The zero-order valence-electron chi connectivity index (χ0n) is 16.3. The number of thiophene rings is 1. The van der Waals surface area contributed by atoms with Gasteiger partial charge in [0.25, 0.3) is 0 Å². The molecule has 1 saturated heterocycles. The number of pyridine rings is 1. The Morgan fingerprint density at radius 3 is 2.66 bits per heavy atom. The maximum atomic E-state index is 15.3. The second-order valence-corrected chi connectivity index (χ2v) is 10.8. The standard InChI is InChI=1S/C21H16Cl2FN3O3S2/c22-17-12-25-8-5-15(17)13-1-3-16(18(24)11-13)21(7-9-26-20(21)28)27-32(29,30)10-6-14-2-4-19(23)31-14/h1-6,8,10-12,27H,7,9H2,(H,26,28)/b10-6+/t21-/m0/s1. The summed E-state index contributed by atoms with van der Waals surface area (Å²) in [7, 11) is -4.10. The van der Waals surface area contributed by atoms with E-state index in [2.05, 4.69) is 15.0 Å². The van der Waals surface area contributed by atoms with Gasteiger partial charge in [0.2, 0.25) is 15.9 Å². The summed E-state index contributed by atoms with van der Waals surface area (Å²) in [5.41, 5.74) is -0.807. The number of carbonyl (C=O) groups excluding carboxylic acids is 1. The van der Waals surface area contributed by atoms with Crippen molar-refractivity contribution in [1.82, 2.24) is 15.0 Å². The first-order valence-electron chi connectivity index (χ1n) is 9.36. The number of halogens is 3. The second-order valence-electron chi connectivity index (χ2n) is 7.05. The Morgan fingerprint density at radius 1 is 1.22 bits per heavy atom. The average molecular weight is 512 g/mol. The largest absolute Gasteiger partial charge is 0.354 e. The van der Waals surface area contributed by atoms with E-state index in [9.17, 15) is 13.2 Å². The molecule has 3 heterocycles. The zero-order valence-corrected chi connectivity index (χ0v) is 19.5. The van der Waals surface area contributed by atoms with Gasteiger partial charge >= 0.3 is 0 Å². The van der Waals surface area contributed by atoms with Gasteiger partial charge in [-0.3, -0.25) is 9.78 Å². The highest BCUT2D eigenvalue weighted by molar-refractivity contribution is 7.92. The van der Waals surface area contributed by atoms with Crippen LogP contribution in [0.1, 0.15) is 16.9 Å². The van der Waals surface area contributed by atoms with Crippen LogP contribution in [0.4, 0.5) is 4.39 Å². The van der Waals surface area contributed by atoms with E-state index in [1.807, 2.05) is 0 Å². The Kier molecular flexibility index (Phi) is 6.37. The van der Waals surface area contributed by atoms with E-state index in [1.165, 1.54) is 41.9 Å². The topological polar surface area (TPSA) is 88.2 Å². The third-order valence-corrected chi connectivity index (χ3v) is 7.63. The highest BCUT2D eigenvalue weighted by atomic mass is 35.5. The second kappa shape index (κ2) is 8.92. The lowest BCUT2D eigenvalue weighted by molar-refractivity contribution is -0.124. The van der Waals surface area contributed by atoms with Crippen LogP contribution in [0.15, 0.2) is 54.2 Å². The third kappa shape index (κ3) is 4.57. The molecule has 0 bridgehead atoms. The summed E-state index contributed by atoms with van der Waals surface area (Å²) in [4.78, 5) is 17.3. The van der Waals surface area contributed by atoms with E-state index < -0.39 is 27.3 Å². The minimum atomic E-state index is -4.10. The Bertz CT molecular complexity index is 1330. The average Bonchev–Trinajstić information content (AvgIpc) is 3.32. The maximum absolute atomic E-state index is 15.3. The molecule has 0 saturated carbocycles. The van der Waals surface area contributed by atoms with Crippen LogP contribution in [0, 0.1) is 5.82 Å². The number of nitrogens with zero attached hydrogens (tertiary/aromatic N) is 1. The van der Waals surface area contributed by atoms with Crippen molar-refractivity contribution in [3.63, 3.8) is 0 Å². The highest BCUT2D eigenvalue weighted by Gasteiger charge is 2.48. The first-order chi connectivity index (χ1) is 15.2. The number of hydrogen-bond acceptors (Lipinski definition) is 5. The lowest BCUT2D eigenvalue weighted by Crippen LogP contribution is -2.50. The molecule has 1 fully saturated rings. The van der Waals surface area contributed by atoms with Crippen molar-refractivity contribution in [2.24, 2.45) is 0 Å². The van der Waals surface area contributed by atoms with Crippen LogP contribution in [0.3, 0.4) is 0 Å². The van der Waals surface area contributed by atoms with Crippen LogP contribution in [0.25, 0.3) is 17.2 Å². The van der Waals surface area contributed by atoms with Crippen molar-refractivity contribution in [2.75, 3.05) is 6.54 Å². The van der Waals surface area contributed by atoms with Crippen molar-refractivity contribution in [3.8, 4) is 11.1 Å². The molecule has 0 radical (unpaired) electrons. The lowest BCUT2D eigenvalue weighted by Gasteiger charge is -2.27. The van der Waals surface area contributed by atoms with Gasteiger partial charge in [0, 0.05) is 40.4 Å². The van der Waals surface area contributed by atoms with E-state index in [4.69, 9.17) is 23.2 Å². The number of benzene rings is 1. The third-order valence-electron chi connectivity index (χ3n) is 5.01. The summed E-state index contributed by atoms with van der Waals surface area (Å²) < 4.78 is 43.7. The van der Waals surface area contributed by atoms with Crippen molar-refractivity contribution >= 4 is 56.5 Å². The first kappa shape index (κ1) is 22.9. The van der Waals surface area contributed by atoms with Gasteiger partial charge in [0.15, 0.2) is 0 Å². The number of rotatable bonds is 6. The summed E-state index contributed by atoms with van der Waals surface area (Å²) in [6.07, 6.45) is 4.39. The molecule has 0 unspecified atom stereocenters. The van der Waals surface area contributed by atoms with Crippen LogP contribution >= 0.6 is 34.5 Å². The van der Waals surface area contributed by atoms with Gasteiger partial charge < -0.3 is 5.32 Å². The number of hydrogen-bond donors (Lipinski definition) is 2. The molecule has 1 aliphatic heterocycles. The number of sulfonamides is 1. The monoisotopic (exact) mass is 511 g/mol. The summed E-state index contributed by atoms with van der Waals surface area (Å²) in [5.74, 6) is -1.36. The molecule has 166 valence electrons. The molecule has 32 heavy (non-hydrogen) atoms. The Labute approximate surface area is 198 Å². The molecule has 6 nitrogen and oxygen atoms in total. The van der Waals surface area contributed by atoms with E-state index >= 15 is 4.39 Å². The molecular formula is C21H16Cl2FN3O3S2. The lowest BCUT2D eigenvalue weighted by atomic mass is 9.88. The minimum Gasteiger partial charge on any atom is -0.354 e. The Balaban J connectivity index is 1.70. The van der Waals surface area contributed by atoms with Gasteiger partial charge in [-0.05, 0) is 42.3 Å². The number of nitrogens with one attached hydrogen (secondary N) is 2. The fourth-order valence-corrected chi connectivity index (χ4v) is 5.99. The number of aromatic nitrogens is 1. The SMILES string of the molecule is O=C1NCC[C@]1(NS(=O)(=O)/C=C/c1ccc(Cl)s1)c1ccc(-c2ccncc2Cl)cc1F. The van der Waals surface area contributed by atoms with Gasteiger partial charge in [0.1, 0.15) is 11.4 Å². The molecular weight excluding hydrogens is 496 g/mol. The first-order valence-corrected chi connectivity index (χ1v) is 12.5. The molecule has 3 aromatic rings. The summed E-state index contributed by atoms with van der Waals surface area (Å²) in [6, 6.07) is 9.16. The maximum Gasteiger partial charge on any atom is 0.246 e. The van der Waals surface area contributed by atoms with Gasteiger partial charge in [-0.15, -0.1) is 11.3 Å². The highest BCUT2D eigenvalue weighted by Crippen LogP contribution is 2.35. The van der Waals surface area contributed by atoms with E-state index in [0.29, 0.717) is 25.4 Å². The molecule has 11 heteroatoms. The molecule has 1 amide bonds. The summed E-state index contributed by atoms with van der Waals surface area (Å²) >= 11 is 13.2. The molecule has 1 aromatic carbocycles. The van der Waals surface area contributed by atoms with E-state index in [0.717, 1.165) is 5.41 Å². The van der Waals surface area contributed by atoms with Crippen LogP contribution in [-0.4, -0.2) is 25.9 Å². The van der Waals surface area contributed by atoms with E-state index in [1.54, 1.807) is 24.3 Å². The zero-order chi connectivity index (χ0) is 22.9. The van der Waals surface area contributed by atoms with Crippen LogP contribution in [0.5, 0.6) is 0 Å². The smallest absolute Gasteiger partial charge is 0.246 e. The summed E-state index contributed by atoms with van der Waals surface area (Å²) in [5, 5.41) is 3.87. The molecule has 0 spiro atoms. The number of amides is 1. The predicted octanol–water partition coefficient (Wildman–Crippen LogP) is 4.56. The predicted molar refractivity (Wildman–Crippen MR) is 124 cm³/mol. The molecule has 1 atom stereocenters. The molecule has 1 aliphatic rings. The fraction of sp³-hybridized carbons (Fsp3) is 0.143.